The molecule has 2 N–H and O–H groups in total. The Balaban J connectivity index is 1.91. The van der Waals surface area contributed by atoms with Crippen LogP contribution in [0.15, 0.2) is 28.8 Å². The number of hydrogen-bond acceptors (Lipinski definition) is 4. The average Bonchev–Trinajstić information content (AvgIpc) is 2.77. The van der Waals surface area contributed by atoms with Crippen molar-refractivity contribution in [1.82, 2.24) is 10.5 Å². The van der Waals surface area contributed by atoms with Crippen LogP contribution in [-0.4, -0.2) is 22.7 Å². The Kier molecular flexibility index (Phi) is 4.70. The third-order valence-corrected chi connectivity index (χ3v) is 3.28. The van der Waals surface area contributed by atoms with Gasteiger partial charge in [0.25, 0.3) is 0 Å². The molecule has 1 aromatic heterocycles. The molecule has 0 bridgehead atoms. The van der Waals surface area contributed by atoms with Crippen LogP contribution in [0, 0.1) is 19.7 Å². The zero-order chi connectivity index (χ0) is 15.4. The van der Waals surface area contributed by atoms with E-state index in [4.69, 9.17) is 4.52 Å². The van der Waals surface area contributed by atoms with E-state index in [1.165, 1.54) is 12.1 Å². The van der Waals surface area contributed by atoms with Crippen LogP contribution in [0.2, 0.25) is 0 Å². The zero-order valence-electron chi connectivity index (χ0n) is 11.9. The second-order valence-electron chi connectivity index (χ2n) is 4.82. The molecular formula is C15H17FN2O3. The van der Waals surface area contributed by atoms with Crippen molar-refractivity contribution in [3.05, 3.63) is 52.7 Å². The first-order valence-electron chi connectivity index (χ1n) is 6.60. The third kappa shape index (κ3) is 3.66. The molecule has 2 rings (SSSR count). The summed E-state index contributed by atoms with van der Waals surface area (Å²) in [6.45, 7) is 3.44. The van der Waals surface area contributed by atoms with E-state index in [1.807, 2.05) is 0 Å². The molecule has 5 nitrogen and oxygen atoms in total. The van der Waals surface area contributed by atoms with Crippen molar-refractivity contribution in [2.45, 2.75) is 26.4 Å². The number of aromatic nitrogens is 1. The molecule has 0 saturated heterocycles. The molecule has 0 aliphatic heterocycles. The minimum absolute atomic E-state index is 0.0524. The van der Waals surface area contributed by atoms with Crippen LogP contribution >= 0.6 is 0 Å². The lowest BCUT2D eigenvalue weighted by Crippen LogP contribution is -2.30. The molecule has 1 atom stereocenters. The van der Waals surface area contributed by atoms with Gasteiger partial charge in [-0.3, -0.25) is 4.79 Å². The molecular weight excluding hydrogens is 275 g/mol. The quantitative estimate of drug-likeness (QED) is 0.881. The first-order valence-corrected chi connectivity index (χ1v) is 6.60. The Morgan fingerprint density at radius 2 is 2.14 bits per heavy atom. The predicted octanol–water partition coefficient (Wildman–Crippen LogP) is 1.82. The summed E-state index contributed by atoms with van der Waals surface area (Å²) < 4.78 is 18.5. The zero-order valence-corrected chi connectivity index (χ0v) is 11.9. The Hall–Kier alpha value is -2.21. The number of carbonyl (C=O) groups excluding carboxylic acids is 1. The fourth-order valence-electron chi connectivity index (χ4n) is 2.04. The lowest BCUT2D eigenvalue weighted by Gasteiger charge is -2.13. The summed E-state index contributed by atoms with van der Waals surface area (Å²) in [5.74, 6) is -0.179. The summed E-state index contributed by atoms with van der Waals surface area (Å²) in [5, 5.41) is 16.2. The van der Waals surface area contributed by atoms with E-state index < -0.39 is 11.9 Å². The molecule has 2 aromatic rings. The number of aryl methyl sites for hydroxylation is 2. The molecule has 1 heterocycles. The first-order chi connectivity index (χ1) is 9.99. The second kappa shape index (κ2) is 6.49. The van der Waals surface area contributed by atoms with Gasteiger partial charge >= 0.3 is 0 Å². The molecule has 6 heteroatoms. The summed E-state index contributed by atoms with van der Waals surface area (Å²) in [5.41, 5.74) is 1.56. The van der Waals surface area contributed by atoms with E-state index in [0.29, 0.717) is 11.5 Å². The Morgan fingerprint density at radius 1 is 1.43 bits per heavy atom. The highest BCUT2D eigenvalue weighted by molar-refractivity contribution is 5.79. The fourth-order valence-corrected chi connectivity index (χ4v) is 2.04. The van der Waals surface area contributed by atoms with Crippen molar-refractivity contribution in [2.24, 2.45) is 0 Å². The highest BCUT2D eigenvalue weighted by Crippen LogP contribution is 2.16. The van der Waals surface area contributed by atoms with Gasteiger partial charge in [-0.05, 0) is 19.9 Å². The van der Waals surface area contributed by atoms with Gasteiger partial charge in [0.1, 0.15) is 11.6 Å². The maximum atomic E-state index is 13.5. The fraction of sp³-hybridized carbons (Fsp3) is 0.333. The summed E-state index contributed by atoms with van der Waals surface area (Å²) >= 11 is 0. The molecule has 1 unspecified atom stereocenters. The Labute approximate surface area is 121 Å². The van der Waals surface area contributed by atoms with Crippen molar-refractivity contribution in [3.63, 3.8) is 0 Å². The first kappa shape index (κ1) is 15.2. The van der Waals surface area contributed by atoms with Crippen molar-refractivity contribution < 1.29 is 18.8 Å². The van der Waals surface area contributed by atoms with E-state index in [2.05, 4.69) is 10.5 Å². The third-order valence-electron chi connectivity index (χ3n) is 3.28. The molecule has 21 heavy (non-hydrogen) atoms. The van der Waals surface area contributed by atoms with Gasteiger partial charge in [0.05, 0.1) is 18.2 Å². The number of amides is 1. The van der Waals surface area contributed by atoms with Crippen LogP contribution in [0.1, 0.15) is 28.7 Å². The molecule has 0 spiro atoms. The number of benzene rings is 1. The smallest absolute Gasteiger partial charge is 0.224 e. The van der Waals surface area contributed by atoms with Crippen LogP contribution in [-0.2, 0) is 11.2 Å². The molecule has 0 aliphatic carbocycles. The number of nitrogens with zero attached hydrogens (tertiary/aromatic N) is 1. The van der Waals surface area contributed by atoms with Crippen molar-refractivity contribution in [1.29, 1.82) is 0 Å². The number of halogens is 1. The Morgan fingerprint density at radius 3 is 2.76 bits per heavy atom. The average molecular weight is 292 g/mol. The largest absolute Gasteiger partial charge is 0.386 e. The molecule has 0 saturated carbocycles. The van der Waals surface area contributed by atoms with Gasteiger partial charge in [-0.25, -0.2) is 4.39 Å². The molecule has 112 valence electrons. The monoisotopic (exact) mass is 292 g/mol. The lowest BCUT2D eigenvalue weighted by molar-refractivity contribution is -0.120. The van der Waals surface area contributed by atoms with Gasteiger partial charge < -0.3 is 14.9 Å². The van der Waals surface area contributed by atoms with E-state index in [9.17, 15) is 14.3 Å². The summed E-state index contributed by atoms with van der Waals surface area (Å²) in [7, 11) is 0. The van der Waals surface area contributed by atoms with E-state index in [0.717, 1.165) is 5.56 Å². The number of aliphatic hydroxyl groups excluding tert-OH is 1. The molecule has 0 fully saturated rings. The maximum absolute atomic E-state index is 13.5. The molecule has 0 radical (unpaired) electrons. The summed E-state index contributed by atoms with van der Waals surface area (Å²) in [6, 6.07) is 5.93. The van der Waals surface area contributed by atoms with Crippen LogP contribution < -0.4 is 5.32 Å². The summed E-state index contributed by atoms with van der Waals surface area (Å²) in [6.07, 6.45) is -0.967. The van der Waals surface area contributed by atoms with Gasteiger partial charge in [-0.1, -0.05) is 23.4 Å². The van der Waals surface area contributed by atoms with Crippen LogP contribution in [0.5, 0.6) is 0 Å². The van der Waals surface area contributed by atoms with E-state index in [1.54, 1.807) is 26.0 Å². The number of aliphatic hydroxyl groups is 1. The van der Waals surface area contributed by atoms with E-state index in [-0.39, 0.29) is 24.4 Å². The minimum Gasteiger partial charge on any atom is -0.386 e. The topological polar surface area (TPSA) is 75.4 Å². The molecule has 1 amide bonds. The second-order valence-corrected chi connectivity index (χ2v) is 4.82. The van der Waals surface area contributed by atoms with Gasteiger partial charge in [0.2, 0.25) is 5.91 Å². The normalized spacial score (nSPS) is 12.2. The minimum atomic E-state index is -1.08. The number of nitrogens with one attached hydrogen (secondary N) is 1. The van der Waals surface area contributed by atoms with Crippen molar-refractivity contribution in [3.8, 4) is 0 Å². The predicted molar refractivity (Wildman–Crippen MR) is 74.1 cm³/mol. The van der Waals surface area contributed by atoms with Crippen LogP contribution in [0.25, 0.3) is 0 Å². The highest BCUT2D eigenvalue weighted by atomic mass is 19.1. The van der Waals surface area contributed by atoms with Crippen LogP contribution in [0.3, 0.4) is 0 Å². The lowest BCUT2D eigenvalue weighted by atomic mass is 10.1. The highest BCUT2D eigenvalue weighted by Gasteiger charge is 2.16. The number of rotatable bonds is 5. The van der Waals surface area contributed by atoms with Crippen molar-refractivity contribution in [2.75, 3.05) is 6.54 Å². The van der Waals surface area contributed by atoms with Gasteiger partial charge in [0.15, 0.2) is 0 Å². The van der Waals surface area contributed by atoms with E-state index >= 15 is 0 Å². The SMILES string of the molecule is Cc1noc(C)c1CC(=O)NCC(O)c1ccccc1F. The number of carbonyl (C=O) groups is 1. The molecule has 0 aliphatic rings. The number of hydrogen-bond donors (Lipinski definition) is 2. The summed E-state index contributed by atoms with van der Waals surface area (Å²) in [4.78, 5) is 11.9. The van der Waals surface area contributed by atoms with Crippen LogP contribution in [0.4, 0.5) is 4.39 Å². The Bertz CT molecular complexity index is 620. The molecule has 1 aromatic carbocycles. The van der Waals surface area contributed by atoms with Crippen molar-refractivity contribution >= 4 is 5.91 Å². The van der Waals surface area contributed by atoms with Gasteiger partial charge in [-0.2, -0.15) is 0 Å². The van der Waals surface area contributed by atoms with Gasteiger partial charge in [-0.15, -0.1) is 0 Å². The standard InChI is InChI=1S/C15H17FN2O3/c1-9-12(10(2)21-18-9)7-15(20)17-8-14(19)11-5-3-4-6-13(11)16/h3-6,14,19H,7-8H2,1-2H3,(H,17,20). The van der Waals surface area contributed by atoms with Gasteiger partial charge in [0, 0.05) is 17.7 Å². The maximum Gasteiger partial charge on any atom is 0.224 e.